The van der Waals surface area contributed by atoms with Crippen molar-refractivity contribution in [1.29, 1.82) is 0 Å². The number of benzene rings is 1. The first kappa shape index (κ1) is 19.2. The SMILES string of the molecule is C[C@@H]1CCNC[C@H]1C(CC1(c2ccc(Cl)cc2)CCC1)OS(C)(=O)=O. The molecule has 1 heterocycles. The summed E-state index contributed by atoms with van der Waals surface area (Å²) >= 11 is 6.04. The van der Waals surface area contributed by atoms with Crippen LogP contribution in [0.2, 0.25) is 5.02 Å². The molecule has 1 saturated carbocycles. The fourth-order valence-electron chi connectivity index (χ4n) is 4.40. The quantitative estimate of drug-likeness (QED) is 0.758. The molecule has 1 unspecified atom stereocenters. The van der Waals surface area contributed by atoms with Crippen molar-refractivity contribution in [3.05, 3.63) is 34.9 Å². The lowest BCUT2D eigenvalue weighted by Gasteiger charge is -2.47. The summed E-state index contributed by atoms with van der Waals surface area (Å²) < 4.78 is 29.4. The van der Waals surface area contributed by atoms with Crippen LogP contribution in [0.1, 0.15) is 44.6 Å². The van der Waals surface area contributed by atoms with Gasteiger partial charge < -0.3 is 5.32 Å². The van der Waals surface area contributed by atoms with E-state index in [2.05, 4.69) is 24.4 Å². The van der Waals surface area contributed by atoms with Crippen LogP contribution in [0.5, 0.6) is 0 Å². The van der Waals surface area contributed by atoms with Gasteiger partial charge in [-0.05, 0) is 61.3 Å². The molecule has 3 rings (SSSR count). The summed E-state index contributed by atoms with van der Waals surface area (Å²) in [6, 6.07) is 8.02. The van der Waals surface area contributed by atoms with Crippen LogP contribution in [-0.2, 0) is 19.7 Å². The van der Waals surface area contributed by atoms with Crippen molar-refractivity contribution in [3.63, 3.8) is 0 Å². The van der Waals surface area contributed by atoms with Gasteiger partial charge in [-0.1, -0.05) is 37.1 Å². The maximum absolute atomic E-state index is 11.9. The highest BCUT2D eigenvalue weighted by atomic mass is 35.5. The van der Waals surface area contributed by atoms with E-state index in [9.17, 15) is 8.42 Å². The first-order chi connectivity index (χ1) is 11.8. The minimum atomic E-state index is -3.49. The summed E-state index contributed by atoms with van der Waals surface area (Å²) in [5, 5.41) is 4.14. The highest BCUT2D eigenvalue weighted by molar-refractivity contribution is 7.86. The molecule has 3 atom stereocenters. The van der Waals surface area contributed by atoms with Crippen molar-refractivity contribution in [2.45, 2.75) is 50.5 Å². The third kappa shape index (κ3) is 4.57. The van der Waals surface area contributed by atoms with Gasteiger partial charge in [-0.25, -0.2) is 0 Å². The van der Waals surface area contributed by atoms with Gasteiger partial charge in [-0.15, -0.1) is 0 Å². The third-order valence-electron chi connectivity index (χ3n) is 6.02. The molecule has 1 saturated heterocycles. The largest absolute Gasteiger partial charge is 0.316 e. The monoisotopic (exact) mass is 385 g/mol. The zero-order chi connectivity index (χ0) is 18.1. The molecule has 1 aliphatic heterocycles. The standard InChI is InChI=1S/C19H28ClNO3S/c1-14-8-11-21-13-17(14)18(24-25(2,22)23)12-19(9-3-10-19)15-4-6-16(20)7-5-15/h4-7,14,17-18,21H,3,8-13H2,1-2H3/t14-,17-,18?/m1/s1. The average molecular weight is 386 g/mol. The average Bonchev–Trinajstić information content (AvgIpc) is 2.50. The summed E-state index contributed by atoms with van der Waals surface area (Å²) in [6.45, 7) is 4.02. The van der Waals surface area contributed by atoms with Crippen LogP contribution >= 0.6 is 11.6 Å². The molecule has 1 aromatic carbocycles. The lowest BCUT2D eigenvalue weighted by molar-refractivity contribution is 0.0426. The Morgan fingerprint density at radius 2 is 2.00 bits per heavy atom. The minimum absolute atomic E-state index is 0.0110. The van der Waals surface area contributed by atoms with Crippen molar-refractivity contribution >= 4 is 21.7 Å². The number of halogens is 1. The van der Waals surface area contributed by atoms with Crippen molar-refractivity contribution < 1.29 is 12.6 Å². The molecule has 25 heavy (non-hydrogen) atoms. The third-order valence-corrected chi connectivity index (χ3v) is 6.87. The highest BCUT2D eigenvalue weighted by Crippen LogP contribution is 2.49. The van der Waals surface area contributed by atoms with E-state index in [0.717, 1.165) is 50.1 Å². The molecule has 2 fully saturated rings. The predicted molar refractivity (Wildman–Crippen MR) is 101 cm³/mol. The van der Waals surface area contributed by atoms with E-state index in [1.165, 1.54) is 12.0 Å². The van der Waals surface area contributed by atoms with Gasteiger partial charge in [-0.3, -0.25) is 4.18 Å². The number of hydrogen-bond donors (Lipinski definition) is 1. The first-order valence-electron chi connectivity index (χ1n) is 9.14. The van der Waals surface area contributed by atoms with Crippen molar-refractivity contribution in [3.8, 4) is 0 Å². The van der Waals surface area contributed by atoms with Crippen molar-refractivity contribution in [2.24, 2.45) is 11.8 Å². The highest BCUT2D eigenvalue weighted by Gasteiger charge is 2.44. The van der Waals surface area contributed by atoms with E-state index in [-0.39, 0.29) is 17.4 Å². The maximum atomic E-state index is 11.9. The van der Waals surface area contributed by atoms with Crippen LogP contribution < -0.4 is 5.32 Å². The van der Waals surface area contributed by atoms with Crippen LogP contribution in [0, 0.1) is 11.8 Å². The van der Waals surface area contributed by atoms with Gasteiger partial charge in [-0.2, -0.15) is 8.42 Å². The van der Waals surface area contributed by atoms with Gasteiger partial charge >= 0.3 is 0 Å². The first-order valence-corrected chi connectivity index (χ1v) is 11.3. The molecule has 0 aromatic heterocycles. The Balaban J connectivity index is 1.86. The van der Waals surface area contributed by atoms with Crippen LogP contribution in [0.15, 0.2) is 24.3 Å². The summed E-state index contributed by atoms with van der Waals surface area (Å²) in [6.07, 6.45) is 6.01. The Hall–Kier alpha value is -0.620. The van der Waals surface area contributed by atoms with Gasteiger partial charge in [0.05, 0.1) is 12.4 Å². The molecule has 2 aliphatic rings. The second-order valence-corrected chi connectivity index (χ2v) is 9.85. The molecule has 1 aliphatic carbocycles. The number of nitrogens with one attached hydrogen (secondary N) is 1. The number of piperidine rings is 1. The van der Waals surface area contributed by atoms with Gasteiger partial charge in [0.2, 0.25) is 0 Å². The van der Waals surface area contributed by atoms with Crippen molar-refractivity contribution in [1.82, 2.24) is 5.32 Å². The Bertz CT molecular complexity index is 685. The molecule has 0 radical (unpaired) electrons. The molecule has 0 amide bonds. The van der Waals surface area contributed by atoms with Crippen LogP contribution in [0.3, 0.4) is 0 Å². The fourth-order valence-corrected chi connectivity index (χ4v) is 5.18. The van der Waals surface area contributed by atoms with E-state index in [1.807, 2.05) is 12.1 Å². The smallest absolute Gasteiger partial charge is 0.264 e. The molecule has 1 N–H and O–H groups in total. The summed E-state index contributed by atoms with van der Waals surface area (Å²) in [5.74, 6) is 0.670. The predicted octanol–water partition coefficient (Wildman–Crippen LogP) is 3.74. The van der Waals surface area contributed by atoms with Gasteiger partial charge in [0, 0.05) is 17.5 Å². The van der Waals surface area contributed by atoms with E-state index in [1.54, 1.807) is 0 Å². The zero-order valence-electron chi connectivity index (χ0n) is 15.0. The van der Waals surface area contributed by atoms with Crippen molar-refractivity contribution in [2.75, 3.05) is 19.3 Å². The Kier molecular flexibility index (Phi) is 5.78. The Morgan fingerprint density at radius 1 is 1.32 bits per heavy atom. The van der Waals surface area contributed by atoms with E-state index >= 15 is 0 Å². The Labute approximate surface area is 156 Å². The number of hydrogen-bond acceptors (Lipinski definition) is 4. The molecule has 4 nitrogen and oxygen atoms in total. The van der Waals surface area contributed by atoms with Crippen LogP contribution in [0.4, 0.5) is 0 Å². The molecule has 0 spiro atoms. The van der Waals surface area contributed by atoms with E-state index < -0.39 is 10.1 Å². The van der Waals surface area contributed by atoms with Crippen LogP contribution in [-0.4, -0.2) is 33.9 Å². The maximum Gasteiger partial charge on any atom is 0.264 e. The lowest BCUT2D eigenvalue weighted by Crippen LogP contribution is -2.47. The molecule has 6 heteroatoms. The summed E-state index contributed by atoms with van der Waals surface area (Å²) in [7, 11) is -3.49. The second-order valence-electron chi connectivity index (χ2n) is 7.82. The van der Waals surface area contributed by atoms with Gasteiger partial charge in [0.25, 0.3) is 10.1 Å². The Morgan fingerprint density at radius 3 is 2.52 bits per heavy atom. The van der Waals surface area contributed by atoms with Gasteiger partial charge in [0.15, 0.2) is 0 Å². The summed E-state index contributed by atoms with van der Waals surface area (Å²) in [4.78, 5) is 0. The fraction of sp³-hybridized carbons (Fsp3) is 0.684. The second kappa shape index (κ2) is 7.55. The topological polar surface area (TPSA) is 55.4 Å². The van der Waals surface area contributed by atoms with E-state index in [0.29, 0.717) is 5.92 Å². The molecule has 1 aromatic rings. The summed E-state index contributed by atoms with van der Waals surface area (Å²) in [5.41, 5.74) is 1.26. The normalized spacial score (nSPS) is 27.5. The van der Waals surface area contributed by atoms with Gasteiger partial charge in [0.1, 0.15) is 0 Å². The van der Waals surface area contributed by atoms with Crippen LogP contribution in [0.25, 0.3) is 0 Å². The minimum Gasteiger partial charge on any atom is -0.316 e. The lowest BCUT2D eigenvalue weighted by atomic mass is 9.60. The number of rotatable bonds is 6. The zero-order valence-corrected chi connectivity index (χ0v) is 16.6. The molecular weight excluding hydrogens is 358 g/mol. The molecular formula is C19H28ClNO3S. The molecule has 0 bridgehead atoms. The van der Waals surface area contributed by atoms with E-state index in [4.69, 9.17) is 15.8 Å². The molecule has 140 valence electrons.